The maximum atomic E-state index is 5.53. The van der Waals surface area contributed by atoms with Crippen LogP contribution in [0.25, 0.3) is 0 Å². The van der Waals surface area contributed by atoms with Crippen LogP contribution in [-0.4, -0.2) is 25.9 Å². The molecule has 0 saturated carbocycles. The monoisotopic (exact) mass is 257 g/mol. The van der Waals surface area contributed by atoms with Crippen molar-refractivity contribution < 1.29 is 9.47 Å². The molecule has 3 nitrogen and oxygen atoms in total. The lowest BCUT2D eigenvalue weighted by atomic mass is 10.3. The molecule has 0 amide bonds. The van der Waals surface area contributed by atoms with Gasteiger partial charge in [0.15, 0.2) is 0 Å². The van der Waals surface area contributed by atoms with Gasteiger partial charge in [0, 0.05) is 28.9 Å². The average molecular weight is 257 g/mol. The fourth-order valence-corrected chi connectivity index (χ4v) is 2.24. The van der Waals surface area contributed by atoms with Crippen molar-refractivity contribution in [1.82, 2.24) is 5.32 Å². The van der Waals surface area contributed by atoms with Crippen LogP contribution in [0.1, 0.15) is 30.5 Å². The second kappa shape index (κ2) is 8.64. The zero-order valence-corrected chi connectivity index (χ0v) is 11.8. The zero-order chi connectivity index (χ0) is 12.5. The summed E-state index contributed by atoms with van der Waals surface area (Å²) in [5.41, 5.74) is 0. The molecule has 98 valence electrons. The molecule has 1 heterocycles. The van der Waals surface area contributed by atoms with E-state index < -0.39 is 0 Å². The molecule has 0 aromatic carbocycles. The van der Waals surface area contributed by atoms with E-state index >= 15 is 0 Å². The molecule has 0 atom stereocenters. The number of nitrogens with one attached hydrogen (secondary N) is 1. The Morgan fingerprint density at radius 3 is 2.59 bits per heavy atom. The molecule has 1 rings (SSSR count). The molecule has 0 radical (unpaired) electrons. The van der Waals surface area contributed by atoms with Gasteiger partial charge in [-0.3, -0.25) is 0 Å². The molecular formula is C13H23NO2S. The Kier molecular flexibility index (Phi) is 7.44. The van der Waals surface area contributed by atoms with Gasteiger partial charge in [0.1, 0.15) is 0 Å². The number of hydrogen-bond donors (Lipinski definition) is 1. The van der Waals surface area contributed by atoms with Gasteiger partial charge in [-0.05, 0) is 19.1 Å². The maximum absolute atomic E-state index is 5.53. The highest BCUT2D eigenvalue weighted by Gasteiger charge is 2.01. The molecule has 0 spiro atoms. The molecule has 0 aliphatic rings. The summed E-state index contributed by atoms with van der Waals surface area (Å²) in [6, 6.07) is 4.84. The minimum atomic E-state index is 0.531. The van der Waals surface area contributed by atoms with Crippen LogP contribution >= 0.6 is 11.3 Å². The third-order valence-electron chi connectivity index (χ3n) is 2.22. The number of rotatable bonds is 9. The van der Waals surface area contributed by atoms with E-state index in [1.54, 1.807) is 0 Å². The first-order valence-electron chi connectivity index (χ1n) is 6.18. The fraction of sp³-hybridized carbons (Fsp3) is 0.692. The largest absolute Gasteiger partial charge is 0.379 e. The van der Waals surface area contributed by atoms with Crippen LogP contribution in [-0.2, 0) is 22.6 Å². The normalized spacial score (nSPS) is 11.3. The highest BCUT2D eigenvalue weighted by Crippen LogP contribution is 2.17. The quantitative estimate of drug-likeness (QED) is 0.690. The Labute approximate surface area is 108 Å². The summed E-state index contributed by atoms with van der Waals surface area (Å²) in [5, 5.41) is 3.41. The minimum absolute atomic E-state index is 0.531. The van der Waals surface area contributed by atoms with Gasteiger partial charge in [-0.25, -0.2) is 0 Å². The number of thiophene rings is 1. The Morgan fingerprint density at radius 2 is 1.88 bits per heavy atom. The molecule has 1 aromatic heterocycles. The number of hydrogen-bond acceptors (Lipinski definition) is 4. The lowest BCUT2D eigenvalue weighted by Crippen LogP contribution is -2.21. The van der Waals surface area contributed by atoms with Gasteiger partial charge in [-0.2, -0.15) is 0 Å². The summed E-state index contributed by atoms with van der Waals surface area (Å²) in [6.07, 6.45) is 0. The van der Waals surface area contributed by atoms with Crippen LogP contribution in [0.5, 0.6) is 0 Å². The zero-order valence-electron chi connectivity index (χ0n) is 11.0. The predicted octanol–water partition coefficient (Wildman–Crippen LogP) is 2.80. The molecule has 0 fully saturated rings. The van der Waals surface area contributed by atoms with Gasteiger partial charge < -0.3 is 14.8 Å². The van der Waals surface area contributed by atoms with Gasteiger partial charge in [-0.15, -0.1) is 11.3 Å². The Bertz CT molecular complexity index is 299. The lowest BCUT2D eigenvalue weighted by Gasteiger charge is -2.05. The van der Waals surface area contributed by atoms with Crippen molar-refractivity contribution in [3.05, 3.63) is 21.9 Å². The van der Waals surface area contributed by atoms with Crippen molar-refractivity contribution in [3.8, 4) is 0 Å². The first kappa shape index (κ1) is 14.6. The van der Waals surface area contributed by atoms with E-state index in [0.29, 0.717) is 25.9 Å². The first-order chi connectivity index (χ1) is 8.22. The summed E-state index contributed by atoms with van der Waals surface area (Å²) in [7, 11) is 0. The topological polar surface area (TPSA) is 30.5 Å². The van der Waals surface area contributed by atoms with E-state index in [2.05, 4.69) is 31.3 Å². The van der Waals surface area contributed by atoms with Crippen LogP contribution in [0.2, 0.25) is 0 Å². The average Bonchev–Trinajstić information content (AvgIpc) is 2.74. The van der Waals surface area contributed by atoms with Gasteiger partial charge in [-0.1, -0.05) is 13.8 Å². The summed E-state index contributed by atoms with van der Waals surface area (Å²) in [5.74, 6) is 0. The van der Waals surface area contributed by atoms with Crippen LogP contribution in [0.3, 0.4) is 0 Å². The van der Waals surface area contributed by atoms with Gasteiger partial charge in [0.2, 0.25) is 0 Å². The van der Waals surface area contributed by atoms with Crippen molar-refractivity contribution in [2.75, 3.05) is 19.8 Å². The molecular weight excluding hydrogens is 234 g/mol. The second-order valence-electron chi connectivity index (χ2n) is 4.15. The van der Waals surface area contributed by atoms with Crippen molar-refractivity contribution >= 4 is 11.3 Å². The van der Waals surface area contributed by atoms with Gasteiger partial charge >= 0.3 is 0 Å². The standard InChI is InChI=1S/C13H23NO2S/c1-4-15-7-8-16-10-13-6-5-12(17-13)9-14-11(2)3/h5-6,11,14H,4,7-10H2,1-3H3. The van der Waals surface area contributed by atoms with Crippen molar-refractivity contribution in [2.24, 2.45) is 0 Å². The van der Waals surface area contributed by atoms with Crippen LogP contribution < -0.4 is 5.32 Å². The van der Waals surface area contributed by atoms with E-state index in [9.17, 15) is 0 Å². The van der Waals surface area contributed by atoms with Crippen molar-refractivity contribution in [1.29, 1.82) is 0 Å². The molecule has 0 saturated heterocycles. The summed E-state index contributed by atoms with van der Waals surface area (Å²) in [6.45, 7) is 10.1. The fourth-order valence-electron chi connectivity index (χ4n) is 1.33. The van der Waals surface area contributed by atoms with E-state index in [0.717, 1.165) is 13.2 Å². The third kappa shape index (κ3) is 6.78. The van der Waals surface area contributed by atoms with Crippen LogP contribution in [0, 0.1) is 0 Å². The Morgan fingerprint density at radius 1 is 1.18 bits per heavy atom. The van der Waals surface area contributed by atoms with E-state index in [1.807, 2.05) is 18.3 Å². The maximum Gasteiger partial charge on any atom is 0.0810 e. The molecule has 1 N–H and O–H groups in total. The highest BCUT2D eigenvalue weighted by atomic mass is 32.1. The van der Waals surface area contributed by atoms with Crippen LogP contribution in [0.4, 0.5) is 0 Å². The highest BCUT2D eigenvalue weighted by molar-refractivity contribution is 7.11. The molecule has 1 aromatic rings. The lowest BCUT2D eigenvalue weighted by molar-refractivity contribution is 0.0462. The van der Waals surface area contributed by atoms with E-state index in [-0.39, 0.29) is 0 Å². The van der Waals surface area contributed by atoms with E-state index in [4.69, 9.17) is 9.47 Å². The van der Waals surface area contributed by atoms with Crippen molar-refractivity contribution in [3.63, 3.8) is 0 Å². The molecule has 4 heteroatoms. The van der Waals surface area contributed by atoms with Gasteiger partial charge in [0.05, 0.1) is 19.8 Å². The van der Waals surface area contributed by atoms with Crippen molar-refractivity contribution in [2.45, 2.75) is 40.0 Å². The molecule has 17 heavy (non-hydrogen) atoms. The smallest absolute Gasteiger partial charge is 0.0810 e. The summed E-state index contributed by atoms with van der Waals surface area (Å²) in [4.78, 5) is 2.64. The molecule has 0 unspecified atom stereocenters. The summed E-state index contributed by atoms with van der Waals surface area (Å²) < 4.78 is 10.7. The predicted molar refractivity (Wildman–Crippen MR) is 72.4 cm³/mol. The second-order valence-corrected chi connectivity index (χ2v) is 5.41. The molecule has 0 bridgehead atoms. The molecule has 0 aliphatic heterocycles. The van der Waals surface area contributed by atoms with Crippen LogP contribution in [0.15, 0.2) is 12.1 Å². The SMILES string of the molecule is CCOCCOCc1ccc(CNC(C)C)s1. The van der Waals surface area contributed by atoms with E-state index in [1.165, 1.54) is 9.75 Å². The third-order valence-corrected chi connectivity index (χ3v) is 3.28. The number of ether oxygens (including phenoxy) is 2. The first-order valence-corrected chi connectivity index (χ1v) is 7.00. The Balaban J connectivity index is 2.17. The minimum Gasteiger partial charge on any atom is -0.379 e. The van der Waals surface area contributed by atoms with Gasteiger partial charge in [0.25, 0.3) is 0 Å². The molecule has 0 aliphatic carbocycles. The summed E-state index contributed by atoms with van der Waals surface area (Å²) >= 11 is 1.81. The Hall–Kier alpha value is -0.420.